The fraction of sp³-hybridized carbons (Fsp3) is 0.333. The molecule has 0 aliphatic heterocycles. The van der Waals surface area contributed by atoms with E-state index in [0.29, 0.717) is 0 Å². The smallest absolute Gasteiger partial charge is 0.387 e. The number of halogens is 2. The van der Waals surface area contributed by atoms with Crippen LogP contribution in [0.4, 0.5) is 8.78 Å². The van der Waals surface area contributed by atoms with Gasteiger partial charge in [0.2, 0.25) is 0 Å². The van der Waals surface area contributed by atoms with Gasteiger partial charge in [-0.15, -0.1) is 0 Å². The molecule has 6 nitrogen and oxygen atoms in total. The van der Waals surface area contributed by atoms with Crippen molar-refractivity contribution in [3.63, 3.8) is 0 Å². The number of nitrogens with one attached hydrogen (secondary N) is 1. The van der Waals surface area contributed by atoms with Crippen LogP contribution in [0, 0.1) is 0 Å². The molecule has 1 atom stereocenters. The third-order valence-electron chi connectivity index (χ3n) is 2.36. The lowest BCUT2D eigenvalue weighted by molar-refractivity contribution is -0.138. The van der Waals surface area contributed by atoms with E-state index in [1.807, 2.05) is 0 Å². The van der Waals surface area contributed by atoms with Crippen molar-refractivity contribution in [1.82, 2.24) is 5.32 Å². The maximum atomic E-state index is 12.2. The third-order valence-corrected chi connectivity index (χ3v) is 2.36. The van der Waals surface area contributed by atoms with Gasteiger partial charge in [-0.1, -0.05) is 0 Å². The molecule has 0 saturated heterocycles. The van der Waals surface area contributed by atoms with Crippen LogP contribution in [0.5, 0.6) is 11.5 Å². The van der Waals surface area contributed by atoms with E-state index in [2.05, 4.69) is 10.1 Å². The summed E-state index contributed by atoms with van der Waals surface area (Å²) in [4.78, 5) is 22.4. The van der Waals surface area contributed by atoms with Gasteiger partial charge in [0.1, 0.15) is 6.04 Å². The maximum Gasteiger partial charge on any atom is 0.387 e. The molecular weight excluding hydrogens is 276 g/mol. The monoisotopic (exact) mass is 289 g/mol. The lowest BCUT2D eigenvalue weighted by Gasteiger charge is -2.13. The van der Waals surface area contributed by atoms with Crippen molar-refractivity contribution in [3.05, 3.63) is 23.8 Å². The maximum absolute atomic E-state index is 12.2. The van der Waals surface area contributed by atoms with E-state index < -0.39 is 24.5 Å². The number of carbonyl (C=O) groups excluding carboxylic acids is 1. The Balaban J connectivity index is 2.96. The SMILES string of the molecule is COc1ccc(C(=O)N[C@H](C)C(=O)O)cc1OC(F)F. The summed E-state index contributed by atoms with van der Waals surface area (Å²) in [6.45, 7) is -1.79. The third kappa shape index (κ3) is 4.08. The van der Waals surface area contributed by atoms with Gasteiger partial charge in [0.15, 0.2) is 11.5 Å². The highest BCUT2D eigenvalue weighted by atomic mass is 19.3. The van der Waals surface area contributed by atoms with Gasteiger partial charge < -0.3 is 19.9 Å². The minimum Gasteiger partial charge on any atom is -0.493 e. The first-order valence-electron chi connectivity index (χ1n) is 5.51. The molecule has 1 aromatic rings. The van der Waals surface area contributed by atoms with Gasteiger partial charge in [-0.3, -0.25) is 9.59 Å². The number of hydrogen-bond acceptors (Lipinski definition) is 4. The molecule has 8 heteroatoms. The Bertz CT molecular complexity index is 507. The zero-order valence-electron chi connectivity index (χ0n) is 10.7. The van der Waals surface area contributed by atoms with Crippen molar-refractivity contribution in [3.8, 4) is 11.5 Å². The van der Waals surface area contributed by atoms with Crippen LogP contribution in [0.25, 0.3) is 0 Å². The fourth-order valence-corrected chi connectivity index (χ4v) is 1.35. The first-order chi connectivity index (χ1) is 9.35. The number of methoxy groups -OCH3 is 1. The van der Waals surface area contributed by atoms with Gasteiger partial charge in [0.25, 0.3) is 5.91 Å². The molecule has 0 aromatic heterocycles. The first-order valence-corrected chi connectivity index (χ1v) is 5.51. The average molecular weight is 289 g/mol. The lowest BCUT2D eigenvalue weighted by Crippen LogP contribution is -2.38. The van der Waals surface area contributed by atoms with Crippen molar-refractivity contribution in [2.45, 2.75) is 19.6 Å². The summed E-state index contributed by atoms with van der Waals surface area (Å²) < 4.78 is 33.5. The molecule has 20 heavy (non-hydrogen) atoms. The van der Waals surface area contributed by atoms with Crippen LogP contribution in [0.3, 0.4) is 0 Å². The molecule has 0 aliphatic rings. The summed E-state index contributed by atoms with van der Waals surface area (Å²) in [7, 11) is 1.26. The van der Waals surface area contributed by atoms with Gasteiger partial charge >= 0.3 is 12.6 Å². The molecule has 0 fully saturated rings. The molecule has 0 spiro atoms. The molecule has 0 bridgehead atoms. The minimum atomic E-state index is -3.07. The Morgan fingerprint density at radius 2 is 1.95 bits per heavy atom. The van der Waals surface area contributed by atoms with Crippen molar-refractivity contribution < 1.29 is 33.0 Å². The highest BCUT2D eigenvalue weighted by molar-refractivity contribution is 5.97. The van der Waals surface area contributed by atoms with Crippen LogP contribution < -0.4 is 14.8 Å². The van der Waals surface area contributed by atoms with Gasteiger partial charge in [0, 0.05) is 5.56 Å². The van der Waals surface area contributed by atoms with Crippen molar-refractivity contribution in [2.24, 2.45) is 0 Å². The zero-order valence-corrected chi connectivity index (χ0v) is 10.7. The normalized spacial score (nSPS) is 11.8. The van der Waals surface area contributed by atoms with Crippen LogP contribution in [0.2, 0.25) is 0 Å². The van der Waals surface area contributed by atoms with E-state index in [1.165, 1.54) is 26.2 Å². The first kappa shape index (κ1) is 15.7. The Labute approximate surface area is 113 Å². The van der Waals surface area contributed by atoms with Crippen molar-refractivity contribution in [1.29, 1.82) is 0 Å². The summed E-state index contributed by atoms with van der Waals surface area (Å²) in [5.74, 6) is -2.20. The van der Waals surface area contributed by atoms with E-state index in [-0.39, 0.29) is 17.1 Å². The number of hydrogen-bond donors (Lipinski definition) is 2. The van der Waals surface area contributed by atoms with E-state index in [9.17, 15) is 18.4 Å². The zero-order chi connectivity index (χ0) is 15.3. The van der Waals surface area contributed by atoms with Gasteiger partial charge in [0.05, 0.1) is 7.11 Å². The Hall–Kier alpha value is -2.38. The van der Waals surface area contributed by atoms with E-state index in [1.54, 1.807) is 0 Å². The van der Waals surface area contributed by atoms with E-state index >= 15 is 0 Å². The molecule has 1 aromatic carbocycles. The topological polar surface area (TPSA) is 84.9 Å². The van der Waals surface area contributed by atoms with Crippen LogP contribution in [-0.2, 0) is 4.79 Å². The molecule has 0 aliphatic carbocycles. The molecule has 2 N–H and O–H groups in total. The molecule has 0 saturated carbocycles. The van der Waals surface area contributed by atoms with E-state index in [4.69, 9.17) is 9.84 Å². The number of rotatable bonds is 6. The summed E-state index contributed by atoms with van der Waals surface area (Å²) >= 11 is 0. The summed E-state index contributed by atoms with van der Waals surface area (Å²) in [6, 6.07) is 2.53. The second-order valence-corrected chi connectivity index (χ2v) is 3.78. The number of carboxylic acids is 1. The number of ether oxygens (including phenoxy) is 2. The standard InChI is InChI=1S/C12H13F2NO5/c1-6(11(17)18)15-10(16)7-3-4-8(19-2)9(5-7)20-12(13)14/h3-6,12H,1-2H3,(H,15,16)(H,17,18)/t6-/m1/s1. The predicted molar refractivity (Wildman–Crippen MR) is 64.2 cm³/mol. The number of carbonyl (C=O) groups is 2. The van der Waals surface area contributed by atoms with Gasteiger partial charge in [-0.05, 0) is 25.1 Å². The highest BCUT2D eigenvalue weighted by Gasteiger charge is 2.18. The molecule has 0 heterocycles. The molecule has 0 unspecified atom stereocenters. The van der Waals surface area contributed by atoms with Gasteiger partial charge in [-0.2, -0.15) is 8.78 Å². The Kier molecular flexibility index (Phi) is 5.24. The van der Waals surface area contributed by atoms with Crippen LogP contribution in [-0.4, -0.2) is 36.7 Å². The number of alkyl halides is 2. The quantitative estimate of drug-likeness (QED) is 0.829. The van der Waals surface area contributed by atoms with Gasteiger partial charge in [-0.25, -0.2) is 0 Å². The summed E-state index contributed by atoms with van der Waals surface area (Å²) in [5.41, 5.74) is -0.0189. The molecule has 1 rings (SSSR count). The highest BCUT2D eigenvalue weighted by Crippen LogP contribution is 2.29. The molecule has 1 amide bonds. The number of carboxylic acid groups (broad SMARTS) is 1. The number of benzene rings is 1. The Morgan fingerprint density at radius 1 is 1.30 bits per heavy atom. The summed E-state index contributed by atoms with van der Waals surface area (Å²) in [6.07, 6.45) is 0. The molecule has 110 valence electrons. The minimum absolute atomic E-state index is 0.0189. The lowest BCUT2D eigenvalue weighted by atomic mass is 10.1. The average Bonchev–Trinajstić information content (AvgIpc) is 2.37. The van der Waals surface area contributed by atoms with Crippen molar-refractivity contribution >= 4 is 11.9 Å². The molecular formula is C12H13F2NO5. The second-order valence-electron chi connectivity index (χ2n) is 3.78. The number of amides is 1. The van der Waals surface area contributed by atoms with Crippen LogP contribution >= 0.6 is 0 Å². The van der Waals surface area contributed by atoms with Crippen molar-refractivity contribution in [2.75, 3.05) is 7.11 Å². The second kappa shape index (κ2) is 6.69. The van der Waals surface area contributed by atoms with E-state index in [0.717, 1.165) is 6.07 Å². The summed E-state index contributed by atoms with van der Waals surface area (Å²) in [5, 5.41) is 10.9. The fourth-order valence-electron chi connectivity index (χ4n) is 1.35. The van der Waals surface area contributed by atoms with Crippen LogP contribution in [0.1, 0.15) is 17.3 Å². The molecule has 0 radical (unpaired) electrons. The largest absolute Gasteiger partial charge is 0.493 e. The Morgan fingerprint density at radius 3 is 2.45 bits per heavy atom. The predicted octanol–water partition coefficient (Wildman–Crippen LogP) is 1.50. The number of aliphatic carboxylic acids is 1. The van der Waals surface area contributed by atoms with Crippen LogP contribution in [0.15, 0.2) is 18.2 Å².